The van der Waals surface area contributed by atoms with Crippen molar-refractivity contribution in [3.8, 4) is 10.4 Å². The molecule has 1 saturated carbocycles. The van der Waals surface area contributed by atoms with Crippen LogP contribution in [0.1, 0.15) is 80.6 Å². The van der Waals surface area contributed by atoms with E-state index in [4.69, 9.17) is 20.2 Å². The molecule has 2 aromatic heterocycles. The maximum absolute atomic E-state index is 12.8. The van der Waals surface area contributed by atoms with Gasteiger partial charge in [-0.15, -0.1) is 11.3 Å². The number of hydrogen-bond acceptors (Lipinski definition) is 7. The zero-order chi connectivity index (χ0) is 27.0. The number of carbonyl (C=O) groups is 2. The minimum atomic E-state index is -0.552. The minimum absolute atomic E-state index is 0.339. The Hall–Kier alpha value is -3.33. The van der Waals surface area contributed by atoms with E-state index in [1.807, 2.05) is 33.2 Å². The lowest BCUT2D eigenvalue weighted by Crippen LogP contribution is -2.39. The predicted molar refractivity (Wildman–Crippen MR) is 151 cm³/mol. The summed E-state index contributed by atoms with van der Waals surface area (Å²) in [5, 5.41) is 0. The van der Waals surface area contributed by atoms with E-state index in [1.54, 1.807) is 4.90 Å². The van der Waals surface area contributed by atoms with Crippen LogP contribution < -0.4 is 5.73 Å². The molecule has 38 heavy (non-hydrogen) atoms. The van der Waals surface area contributed by atoms with Gasteiger partial charge >= 0.3 is 12.1 Å². The van der Waals surface area contributed by atoms with Crippen LogP contribution in [0, 0.1) is 0 Å². The molecule has 0 radical (unpaired) electrons. The Morgan fingerprint density at radius 3 is 2.55 bits per heavy atom. The number of esters is 1. The largest absolute Gasteiger partial charge is 0.465 e. The third kappa shape index (κ3) is 5.16. The van der Waals surface area contributed by atoms with Gasteiger partial charge in [0.25, 0.3) is 0 Å². The molecule has 0 unspecified atom stereocenters. The van der Waals surface area contributed by atoms with Gasteiger partial charge in [0.15, 0.2) is 0 Å². The highest BCUT2D eigenvalue weighted by atomic mass is 32.1. The van der Waals surface area contributed by atoms with Gasteiger partial charge in [0.1, 0.15) is 11.2 Å². The number of rotatable bonds is 4. The molecule has 1 aromatic carbocycles. The number of amides is 1. The van der Waals surface area contributed by atoms with Gasteiger partial charge in [-0.25, -0.2) is 14.6 Å². The molecule has 0 saturated heterocycles. The second kappa shape index (κ2) is 10.4. The maximum atomic E-state index is 12.8. The fourth-order valence-electron chi connectivity index (χ4n) is 5.38. The van der Waals surface area contributed by atoms with E-state index in [9.17, 15) is 9.59 Å². The first-order valence-electron chi connectivity index (χ1n) is 13.3. The van der Waals surface area contributed by atoms with Gasteiger partial charge in [-0.05, 0) is 63.3 Å². The molecule has 0 spiro atoms. The van der Waals surface area contributed by atoms with Crippen molar-refractivity contribution in [3.63, 3.8) is 0 Å². The van der Waals surface area contributed by atoms with Crippen LogP contribution in [0.5, 0.6) is 0 Å². The van der Waals surface area contributed by atoms with Crippen molar-refractivity contribution in [2.75, 3.05) is 25.9 Å². The number of nitrogens with two attached hydrogens (primary N) is 1. The number of anilines is 1. The van der Waals surface area contributed by atoms with Gasteiger partial charge in [0.05, 0.1) is 35.0 Å². The first-order valence-corrected chi connectivity index (χ1v) is 14.1. The highest BCUT2D eigenvalue weighted by molar-refractivity contribution is 7.17. The molecule has 1 amide bonds. The molecule has 3 aromatic rings. The normalized spacial score (nSPS) is 16.9. The molecule has 3 heterocycles. The Morgan fingerprint density at radius 1 is 1.13 bits per heavy atom. The van der Waals surface area contributed by atoms with E-state index >= 15 is 0 Å². The molecule has 9 heteroatoms. The highest BCUT2D eigenvalue weighted by Gasteiger charge is 2.29. The first kappa shape index (κ1) is 26.3. The van der Waals surface area contributed by atoms with Crippen LogP contribution >= 0.6 is 11.3 Å². The molecule has 0 atom stereocenters. The van der Waals surface area contributed by atoms with E-state index in [1.165, 1.54) is 50.6 Å². The third-order valence-corrected chi connectivity index (χ3v) is 8.62. The van der Waals surface area contributed by atoms with Crippen molar-refractivity contribution in [1.29, 1.82) is 0 Å². The number of thiophene rings is 1. The van der Waals surface area contributed by atoms with Crippen molar-refractivity contribution in [2.45, 2.75) is 70.9 Å². The predicted octanol–water partition coefficient (Wildman–Crippen LogP) is 6.66. The summed E-state index contributed by atoms with van der Waals surface area (Å²) in [6.45, 7) is 6.47. The van der Waals surface area contributed by atoms with Crippen molar-refractivity contribution in [3.05, 3.63) is 41.0 Å². The average molecular weight is 537 g/mol. The summed E-state index contributed by atoms with van der Waals surface area (Å²) in [5.41, 5.74) is 10.8. The van der Waals surface area contributed by atoms with Gasteiger partial charge in [0.2, 0.25) is 0 Å². The van der Waals surface area contributed by atoms with Gasteiger partial charge in [0, 0.05) is 24.0 Å². The maximum Gasteiger partial charge on any atom is 0.410 e. The van der Waals surface area contributed by atoms with Crippen LogP contribution in [0.3, 0.4) is 0 Å². The zero-order valence-electron chi connectivity index (χ0n) is 22.6. The van der Waals surface area contributed by atoms with Crippen LogP contribution in [0.15, 0.2) is 30.6 Å². The van der Waals surface area contributed by atoms with Crippen LogP contribution in [-0.2, 0) is 9.47 Å². The van der Waals surface area contributed by atoms with Gasteiger partial charge < -0.3 is 24.7 Å². The Kier molecular flexibility index (Phi) is 7.22. The minimum Gasteiger partial charge on any atom is -0.465 e. The standard InChI is InChI=1S/C29H36N4O4S/c1-29(2,3)37-28(35)32-14-12-18(13-15-32)25-23(27(34)36-4)24(30)26(38-25)19-10-11-22-21(16-19)31-17-33(22)20-8-6-5-7-9-20/h10-12,16-17,20H,5-9,13-15,30H2,1-4H3. The van der Waals surface area contributed by atoms with Crippen LogP contribution in [0.25, 0.3) is 27.0 Å². The molecule has 0 bridgehead atoms. The van der Waals surface area contributed by atoms with E-state index in [0.717, 1.165) is 31.9 Å². The fourth-order valence-corrected chi connectivity index (χ4v) is 6.65. The number of benzene rings is 1. The number of imidazole rings is 1. The molecule has 202 valence electrons. The molecule has 1 aliphatic heterocycles. The van der Waals surface area contributed by atoms with Gasteiger partial charge in [-0.3, -0.25) is 0 Å². The Labute approximate surface area is 227 Å². The molecule has 1 fully saturated rings. The van der Waals surface area contributed by atoms with E-state index in [-0.39, 0.29) is 6.09 Å². The molecule has 2 aliphatic rings. The molecular weight excluding hydrogens is 500 g/mol. The molecule has 1 aliphatic carbocycles. The van der Waals surface area contributed by atoms with Crippen molar-refractivity contribution in [1.82, 2.24) is 14.5 Å². The second-order valence-corrected chi connectivity index (χ2v) is 12.1. The number of carbonyl (C=O) groups excluding carboxylic acids is 2. The van der Waals surface area contributed by atoms with Crippen LogP contribution in [-0.4, -0.2) is 52.3 Å². The van der Waals surface area contributed by atoms with Gasteiger partial charge in [-0.2, -0.15) is 0 Å². The SMILES string of the molecule is COC(=O)c1c(C2=CCN(C(=O)OC(C)(C)C)CC2)sc(-c2ccc3c(c2)ncn3C2CCCCC2)c1N. The number of nitrogen functional groups attached to an aromatic ring is 1. The number of hydrogen-bond donors (Lipinski definition) is 1. The highest BCUT2D eigenvalue weighted by Crippen LogP contribution is 2.44. The van der Waals surface area contributed by atoms with Gasteiger partial charge in [-0.1, -0.05) is 31.4 Å². The van der Waals surface area contributed by atoms with E-state index < -0.39 is 11.6 Å². The molecule has 8 nitrogen and oxygen atoms in total. The number of ether oxygens (including phenoxy) is 2. The summed E-state index contributed by atoms with van der Waals surface area (Å²) in [4.78, 5) is 33.3. The smallest absolute Gasteiger partial charge is 0.410 e. The summed E-state index contributed by atoms with van der Waals surface area (Å²) in [5.74, 6) is -0.460. The van der Waals surface area contributed by atoms with Crippen molar-refractivity contribution >= 4 is 45.7 Å². The lowest BCUT2D eigenvalue weighted by molar-refractivity contribution is 0.0270. The molecular formula is C29H36N4O4S. The summed E-state index contributed by atoms with van der Waals surface area (Å²) in [6.07, 6.45) is 10.4. The number of fused-ring (bicyclic) bond motifs is 1. The average Bonchev–Trinajstić information content (AvgIpc) is 3.48. The first-order chi connectivity index (χ1) is 18.2. The molecule has 2 N–H and O–H groups in total. The summed E-state index contributed by atoms with van der Waals surface area (Å²) < 4.78 is 12.9. The van der Waals surface area contributed by atoms with E-state index in [0.29, 0.717) is 36.8 Å². The number of nitrogens with zero attached hydrogens (tertiary/aromatic N) is 3. The quantitative estimate of drug-likeness (QED) is 0.374. The lowest BCUT2D eigenvalue weighted by Gasteiger charge is -2.29. The van der Waals surface area contributed by atoms with Crippen molar-refractivity contribution < 1.29 is 19.1 Å². The topological polar surface area (TPSA) is 99.7 Å². The zero-order valence-corrected chi connectivity index (χ0v) is 23.4. The number of aromatic nitrogens is 2. The lowest BCUT2D eigenvalue weighted by atomic mass is 9.95. The summed E-state index contributed by atoms with van der Waals surface area (Å²) in [7, 11) is 1.37. The van der Waals surface area contributed by atoms with Crippen LogP contribution in [0.4, 0.5) is 10.5 Å². The Balaban J connectivity index is 1.46. The van der Waals surface area contributed by atoms with E-state index in [2.05, 4.69) is 22.8 Å². The summed E-state index contributed by atoms with van der Waals surface area (Å²) >= 11 is 1.49. The fraction of sp³-hybridized carbons (Fsp3) is 0.483. The summed E-state index contributed by atoms with van der Waals surface area (Å²) in [6, 6.07) is 6.74. The van der Waals surface area contributed by atoms with Crippen LogP contribution in [0.2, 0.25) is 0 Å². The molecule has 5 rings (SSSR count). The Bertz CT molecular complexity index is 1390. The number of methoxy groups -OCH3 is 1. The Morgan fingerprint density at radius 2 is 1.89 bits per heavy atom. The van der Waals surface area contributed by atoms with Crippen molar-refractivity contribution in [2.24, 2.45) is 0 Å². The second-order valence-electron chi connectivity index (χ2n) is 11.1. The monoisotopic (exact) mass is 536 g/mol. The third-order valence-electron chi connectivity index (χ3n) is 7.29.